The fraction of sp³-hybridized carbons (Fsp3) is 0.333. The molecule has 0 aliphatic heterocycles. The molecule has 122 valence electrons. The molecule has 0 aliphatic carbocycles. The zero-order chi connectivity index (χ0) is 16.9. The lowest BCUT2D eigenvalue weighted by Crippen LogP contribution is -2.44. The molecule has 0 bridgehead atoms. The molecule has 0 spiro atoms. The highest BCUT2D eigenvalue weighted by Crippen LogP contribution is 2.32. The Kier molecular flexibility index (Phi) is 5.84. The highest BCUT2D eigenvalue weighted by Gasteiger charge is 2.29. The molecule has 0 amide bonds. The summed E-state index contributed by atoms with van der Waals surface area (Å²) in [6, 6.07) is 19.5. The van der Waals surface area contributed by atoms with Crippen LogP contribution in [0.25, 0.3) is 5.57 Å². The summed E-state index contributed by atoms with van der Waals surface area (Å²) >= 11 is 0. The maximum Gasteiger partial charge on any atom is 0.119 e. The van der Waals surface area contributed by atoms with Gasteiger partial charge in [-0.25, -0.2) is 0 Å². The Hall–Kier alpha value is -1.80. The SMILES string of the molecule is CC/C(=C(\CC)[Si](C)(C)c1ccccc1)c1cccc(OC)c1. The second kappa shape index (κ2) is 7.65. The van der Waals surface area contributed by atoms with E-state index in [4.69, 9.17) is 4.74 Å². The standard InChI is InChI=1S/C21H28OSi/c1-6-20(17-12-11-13-18(16-17)22-3)21(7-2)23(4,5)19-14-9-8-10-15-19/h8-16H,6-7H2,1-5H3/b21-20-. The van der Waals surface area contributed by atoms with Crippen LogP contribution in [0.2, 0.25) is 13.1 Å². The van der Waals surface area contributed by atoms with E-state index in [-0.39, 0.29) is 0 Å². The van der Waals surface area contributed by atoms with Crippen LogP contribution in [0.4, 0.5) is 0 Å². The largest absolute Gasteiger partial charge is 0.497 e. The summed E-state index contributed by atoms with van der Waals surface area (Å²) in [5, 5.41) is 3.14. The lowest BCUT2D eigenvalue weighted by Gasteiger charge is -2.29. The van der Waals surface area contributed by atoms with Gasteiger partial charge in [-0.1, -0.05) is 79.8 Å². The van der Waals surface area contributed by atoms with Gasteiger partial charge in [0, 0.05) is 0 Å². The summed E-state index contributed by atoms with van der Waals surface area (Å²) in [6.07, 6.45) is 2.16. The van der Waals surface area contributed by atoms with Gasteiger partial charge in [0.2, 0.25) is 0 Å². The molecule has 0 saturated heterocycles. The van der Waals surface area contributed by atoms with Gasteiger partial charge < -0.3 is 4.74 Å². The minimum Gasteiger partial charge on any atom is -0.497 e. The molecule has 2 heteroatoms. The number of rotatable bonds is 6. The quantitative estimate of drug-likeness (QED) is 0.644. The molecule has 23 heavy (non-hydrogen) atoms. The lowest BCUT2D eigenvalue weighted by atomic mass is 10.0. The van der Waals surface area contributed by atoms with Gasteiger partial charge in [-0.3, -0.25) is 0 Å². The first-order valence-corrected chi connectivity index (χ1v) is 11.5. The van der Waals surface area contributed by atoms with Crippen molar-refractivity contribution in [1.29, 1.82) is 0 Å². The summed E-state index contributed by atoms with van der Waals surface area (Å²) in [6.45, 7) is 9.50. The molecule has 0 aromatic heterocycles. The van der Waals surface area contributed by atoms with Crippen LogP contribution < -0.4 is 9.92 Å². The van der Waals surface area contributed by atoms with Crippen LogP contribution in [0.3, 0.4) is 0 Å². The molecule has 0 radical (unpaired) electrons. The van der Waals surface area contributed by atoms with E-state index in [9.17, 15) is 0 Å². The maximum atomic E-state index is 5.42. The minimum absolute atomic E-state index is 0.933. The third-order valence-corrected chi connectivity index (χ3v) is 8.68. The molecule has 0 fully saturated rings. The normalized spacial score (nSPS) is 12.7. The van der Waals surface area contributed by atoms with E-state index in [2.05, 4.69) is 75.5 Å². The second-order valence-corrected chi connectivity index (χ2v) is 10.8. The van der Waals surface area contributed by atoms with E-state index >= 15 is 0 Å². The Morgan fingerprint density at radius 1 is 0.913 bits per heavy atom. The van der Waals surface area contributed by atoms with Crippen molar-refractivity contribution in [2.75, 3.05) is 7.11 Å². The van der Waals surface area contributed by atoms with Crippen molar-refractivity contribution in [1.82, 2.24) is 0 Å². The van der Waals surface area contributed by atoms with Gasteiger partial charge in [0.25, 0.3) is 0 Å². The van der Waals surface area contributed by atoms with Gasteiger partial charge in [-0.15, -0.1) is 0 Å². The van der Waals surface area contributed by atoms with Gasteiger partial charge in [0.1, 0.15) is 13.8 Å². The number of hydrogen-bond donors (Lipinski definition) is 0. The molecule has 0 N–H and O–H groups in total. The first-order valence-electron chi connectivity index (χ1n) is 8.47. The van der Waals surface area contributed by atoms with E-state index in [1.54, 1.807) is 12.3 Å². The monoisotopic (exact) mass is 324 g/mol. The predicted octanol–water partition coefficient (Wildman–Crippen LogP) is 5.42. The van der Waals surface area contributed by atoms with Gasteiger partial charge in [-0.05, 0) is 36.1 Å². The van der Waals surface area contributed by atoms with Crippen molar-refractivity contribution in [3.8, 4) is 5.75 Å². The Labute approximate surface area is 142 Å². The third-order valence-electron chi connectivity index (χ3n) is 4.74. The molecule has 1 nitrogen and oxygen atoms in total. The van der Waals surface area contributed by atoms with E-state index in [0.717, 1.165) is 18.6 Å². The smallest absolute Gasteiger partial charge is 0.119 e. The number of hydrogen-bond acceptors (Lipinski definition) is 1. The molecule has 0 atom stereocenters. The van der Waals surface area contributed by atoms with E-state index in [1.807, 2.05) is 6.07 Å². The van der Waals surface area contributed by atoms with Crippen molar-refractivity contribution in [3.63, 3.8) is 0 Å². The average Bonchev–Trinajstić information content (AvgIpc) is 2.60. The summed E-state index contributed by atoms with van der Waals surface area (Å²) in [5.74, 6) is 0.933. The van der Waals surface area contributed by atoms with Crippen LogP contribution in [-0.2, 0) is 0 Å². The van der Waals surface area contributed by atoms with Crippen molar-refractivity contribution >= 4 is 18.8 Å². The van der Waals surface area contributed by atoms with E-state index in [1.165, 1.54) is 16.3 Å². The number of ether oxygens (including phenoxy) is 1. The fourth-order valence-electron chi connectivity index (χ4n) is 3.46. The summed E-state index contributed by atoms with van der Waals surface area (Å²) in [4.78, 5) is 0. The first-order chi connectivity index (χ1) is 11.0. The number of benzene rings is 2. The second-order valence-electron chi connectivity index (χ2n) is 6.39. The van der Waals surface area contributed by atoms with Crippen LogP contribution in [0.1, 0.15) is 32.3 Å². The fourth-order valence-corrected chi connectivity index (χ4v) is 6.80. The Morgan fingerprint density at radius 3 is 2.17 bits per heavy atom. The van der Waals surface area contributed by atoms with E-state index in [0.29, 0.717) is 0 Å². The zero-order valence-electron chi connectivity index (χ0n) is 15.0. The minimum atomic E-state index is -1.66. The topological polar surface area (TPSA) is 9.23 Å². The number of methoxy groups -OCH3 is 1. The molecular weight excluding hydrogens is 296 g/mol. The highest BCUT2D eigenvalue weighted by atomic mass is 28.3. The predicted molar refractivity (Wildman–Crippen MR) is 104 cm³/mol. The van der Waals surface area contributed by atoms with Gasteiger partial charge in [-0.2, -0.15) is 0 Å². The van der Waals surface area contributed by atoms with Crippen molar-refractivity contribution in [2.24, 2.45) is 0 Å². The Bertz CT molecular complexity index is 671. The lowest BCUT2D eigenvalue weighted by molar-refractivity contribution is 0.414. The molecule has 0 saturated carbocycles. The molecule has 2 aromatic rings. The van der Waals surface area contributed by atoms with Crippen LogP contribution in [0, 0.1) is 0 Å². The third kappa shape index (κ3) is 3.76. The zero-order valence-corrected chi connectivity index (χ0v) is 16.0. The van der Waals surface area contributed by atoms with Gasteiger partial charge >= 0.3 is 0 Å². The molecule has 2 rings (SSSR count). The Morgan fingerprint density at radius 2 is 1.61 bits per heavy atom. The average molecular weight is 325 g/mol. The highest BCUT2D eigenvalue weighted by molar-refractivity contribution is 6.96. The molecule has 0 unspecified atom stereocenters. The van der Waals surface area contributed by atoms with Crippen LogP contribution >= 0.6 is 0 Å². The first kappa shape index (κ1) is 17.5. The van der Waals surface area contributed by atoms with Crippen LogP contribution in [0.5, 0.6) is 5.75 Å². The number of allylic oxidation sites excluding steroid dienone is 2. The summed E-state index contributed by atoms with van der Waals surface area (Å²) in [5.41, 5.74) is 2.80. The maximum absolute atomic E-state index is 5.42. The summed E-state index contributed by atoms with van der Waals surface area (Å²) in [7, 11) is 0.0695. The molecule has 2 aromatic carbocycles. The molecular formula is C21H28OSi. The van der Waals surface area contributed by atoms with E-state index < -0.39 is 8.07 Å². The van der Waals surface area contributed by atoms with Crippen LogP contribution in [-0.4, -0.2) is 15.2 Å². The Balaban J connectivity index is 2.59. The van der Waals surface area contributed by atoms with Crippen LogP contribution in [0.15, 0.2) is 59.8 Å². The van der Waals surface area contributed by atoms with Gasteiger partial charge in [0.05, 0.1) is 7.11 Å². The van der Waals surface area contributed by atoms with Crippen molar-refractivity contribution < 1.29 is 4.74 Å². The molecule has 0 aliphatic rings. The van der Waals surface area contributed by atoms with Gasteiger partial charge in [0.15, 0.2) is 0 Å². The summed E-state index contributed by atoms with van der Waals surface area (Å²) < 4.78 is 5.42. The molecule has 0 heterocycles. The van der Waals surface area contributed by atoms with Crippen molar-refractivity contribution in [3.05, 3.63) is 65.4 Å². The van der Waals surface area contributed by atoms with Crippen molar-refractivity contribution in [2.45, 2.75) is 39.8 Å².